The summed E-state index contributed by atoms with van der Waals surface area (Å²) in [7, 11) is 0. The van der Waals surface area contributed by atoms with Crippen LogP contribution >= 0.6 is 0 Å². The molecule has 0 atom stereocenters. The van der Waals surface area contributed by atoms with E-state index in [2.05, 4.69) is 44.5 Å². The van der Waals surface area contributed by atoms with Gasteiger partial charge < -0.3 is 5.32 Å². The Hall–Kier alpha value is -1.94. The second kappa shape index (κ2) is 7.96. The molecule has 0 unspecified atom stereocenters. The number of anilines is 1. The molecule has 4 nitrogen and oxygen atoms in total. The average Bonchev–Trinajstić information content (AvgIpc) is 3.49. The molecule has 2 aliphatic rings. The van der Waals surface area contributed by atoms with Crippen LogP contribution in [0.3, 0.4) is 0 Å². The van der Waals surface area contributed by atoms with E-state index in [4.69, 9.17) is 0 Å². The standard InChI is InChI=1S/C21H28N4/c1-2-4-13-25(12-3-1)16-18-7-5-6-17(14-18)15-23-20-10-11-22-21(24-20)19-8-9-19/h5-7,10-11,14,19H,1-4,8-9,12-13,15-16H2,(H,22,23,24). The molecule has 1 saturated heterocycles. The van der Waals surface area contributed by atoms with E-state index in [0.717, 1.165) is 24.7 Å². The van der Waals surface area contributed by atoms with Crippen molar-refractivity contribution >= 4 is 5.82 Å². The first-order chi connectivity index (χ1) is 12.4. The quantitative estimate of drug-likeness (QED) is 0.852. The van der Waals surface area contributed by atoms with Crippen molar-refractivity contribution in [3.8, 4) is 0 Å². The van der Waals surface area contributed by atoms with Crippen LogP contribution in [0.15, 0.2) is 36.5 Å². The summed E-state index contributed by atoms with van der Waals surface area (Å²) in [4.78, 5) is 11.6. The first-order valence-electron chi connectivity index (χ1n) is 9.74. The second-order valence-corrected chi connectivity index (χ2v) is 7.44. The van der Waals surface area contributed by atoms with Gasteiger partial charge in [-0.2, -0.15) is 0 Å². The molecule has 4 heteroatoms. The molecule has 0 spiro atoms. The Labute approximate surface area is 150 Å². The Morgan fingerprint density at radius 2 is 1.80 bits per heavy atom. The van der Waals surface area contributed by atoms with Crippen LogP contribution in [0.2, 0.25) is 0 Å². The molecule has 132 valence electrons. The maximum Gasteiger partial charge on any atom is 0.133 e. The lowest BCUT2D eigenvalue weighted by atomic mass is 10.1. The molecule has 1 aliphatic heterocycles. The van der Waals surface area contributed by atoms with Gasteiger partial charge in [0.2, 0.25) is 0 Å². The van der Waals surface area contributed by atoms with E-state index in [1.54, 1.807) is 0 Å². The number of nitrogens with one attached hydrogen (secondary N) is 1. The fourth-order valence-electron chi connectivity index (χ4n) is 3.59. The van der Waals surface area contributed by atoms with Crippen molar-refractivity contribution in [2.24, 2.45) is 0 Å². The zero-order chi connectivity index (χ0) is 16.9. The highest BCUT2D eigenvalue weighted by molar-refractivity contribution is 5.36. The SMILES string of the molecule is c1cc(CNc2ccnc(C3CC3)n2)cc(CN2CCCCCC2)c1. The second-order valence-electron chi connectivity index (χ2n) is 7.44. The highest BCUT2D eigenvalue weighted by Gasteiger charge is 2.26. The van der Waals surface area contributed by atoms with Gasteiger partial charge in [0.05, 0.1) is 0 Å². The number of hydrogen-bond acceptors (Lipinski definition) is 4. The summed E-state index contributed by atoms with van der Waals surface area (Å²) in [6.07, 6.45) is 9.82. The van der Waals surface area contributed by atoms with Crippen molar-refractivity contribution in [1.82, 2.24) is 14.9 Å². The highest BCUT2D eigenvalue weighted by Crippen LogP contribution is 2.38. The molecule has 1 N–H and O–H groups in total. The Morgan fingerprint density at radius 3 is 2.60 bits per heavy atom. The Kier molecular flexibility index (Phi) is 5.26. The molecule has 2 fully saturated rings. The molecule has 0 amide bonds. The van der Waals surface area contributed by atoms with E-state index in [1.165, 1.54) is 62.7 Å². The lowest BCUT2D eigenvalue weighted by Gasteiger charge is -2.20. The first kappa shape index (κ1) is 16.5. The monoisotopic (exact) mass is 336 g/mol. The fourth-order valence-corrected chi connectivity index (χ4v) is 3.59. The van der Waals surface area contributed by atoms with Crippen LogP contribution in [0.4, 0.5) is 5.82 Å². The third-order valence-corrected chi connectivity index (χ3v) is 5.19. The van der Waals surface area contributed by atoms with Crippen LogP contribution < -0.4 is 5.32 Å². The molecular weight excluding hydrogens is 308 g/mol. The zero-order valence-electron chi connectivity index (χ0n) is 15.0. The van der Waals surface area contributed by atoms with E-state index in [1.807, 2.05) is 12.3 Å². The van der Waals surface area contributed by atoms with Crippen molar-refractivity contribution in [3.63, 3.8) is 0 Å². The molecule has 0 bridgehead atoms. The lowest BCUT2D eigenvalue weighted by molar-refractivity contribution is 0.277. The summed E-state index contributed by atoms with van der Waals surface area (Å²) >= 11 is 0. The third-order valence-electron chi connectivity index (χ3n) is 5.19. The number of rotatable bonds is 6. The average molecular weight is 336 g/mol. The van der Waals surface area contributed by atoms with E-state index in [0.29, 0.717) is 5.92 Å². The number of benzene rings is 1. The number of aromatic nitrogens is 2. The largest absolute Gasteiger partial charge is 0.366 e. The summed E-state index contributed by atoms with van der Waals surface area (Å²) in [5.74, 6) is 2.54. The predicted molar refractivity (Wildman–Crippen MR) is 102 cm³/mol. The maximum atomic E-state index is 4.65. The first-order valence-corrected chi connectivity index (χ1v) is 9.74. The Balaban J connectivity index is 1.35. The van der Waals surface area contributed by atoms with Gasteiger partial charge >= 0.3 is 0 Å². The van der Waals surface area contributed by atoms with E-state index >= 15 is 0 Å². The summed E-state index contributed by atoms with van der Waals surface area (Å²) < 4.78 is 0. The maximum absolute atomic E-state index is 4.65. The van der Waals surface area contributed by atoms with Crippen molar-refractivity contribution < 1.29 is 0 Å². The minimum Gasteiger partial charge on any atom is -0.366 e. The molecule has 1 aliphatic carbocycles. The summed E-state index contributed by atoms with van der Waals surface area (Å²) in [5.41, 5.74) is 2.74. The van der Waals surface area contributed by atoms with Crippen LogP contribution in [0.1, 0.15) is 61.4 Å². The van der Waals surface area contributed by atoms with Crippen LogP contribution in [-0.4, -0.2) is 28.0 Å². The van der Waals surface area contributed by atoms with Gasteiger partial charge in [-0.1, -0.05) is 37.1 Å². The molecule has 4 rings (SSSR count). The molecule has 25 heavy (non-hydrogen) atoms. The predicted octanol–water partition coefficient (Wildman–Crippen LogP) is 4.34. The van der Waals surface area contributed by atoms with E-state index in [-0.39, 0.29) is 0 Å². The van der Waals surface area contributed by atoms with E-state index in [9.17, 15) is 0 Å². The third kappa shape index (κ3) is 4.79. The summed E-state index contributed by atoms with van der Waals surface area (Å²) in [6.45, 7) is 4.38. The van der Waals surface area contributed by atoms with Gasteiger partial charge in [0.1, 0.15) is 11.6 Å². The topological polar surface area (TPSA) is 41.1 Å². The molecule has 2 heterocycles. The lowest BCUT2D eigenvalue weighted by Crippen LogP contribution is -2.24. The van der Waals surface area contributed by atoms with Gasteiger partial charge in [0.15, 0.2) is 0 Å². The molecule has 0 radical (unpaired) electrons. The summed E-state index contributed by atoms with van der Waals surface area (Å²) in [5, 5.41) is 3.46. The van der Waals surface area contributed by atoms with Crippen LogP contribution in [-0.2, 0) is 13.1 Å². The molecule has 2 aromatic rings. The summed E-state index contributed by atoms with van der Waals surface area (Å²) in [6, 6.07) is 10.9. The van der Waals surface area contributed by atoms with Crippen LogP contribution in [0, 0.1) is 0 Å². The molecule has 1 aromatic heterocycles. The van der Waals surface area contributed by atoms with Gasteiger partial charge in [-0.25, -0.2) is 9.97 Å². The number of hydrogen-bond donors (Lipinski definition) is 1. The number of likely N-dealkylation sites (tertiary alicyclic amines) is 1. The highest BCUT2D eigenvalue weighted by atomic mass is 15.1. The van der Waals surface area contributed by atoms with Gasteiger partial charge in [0, 0.05) is 25.2 Å². The molecule has 1 aromatic carbocycles. The fraction of sp³-hybridized carbons (Fsp3) is 0.524. The minimum atomic E-state index is 0.596. The van der Waals surface area contributed by atoms with Crippen molar-refractivity contribution in [3.05, 3.63) is 53.5 Å². The van der Waals surface area contributed by atoms with Crippen molar-refractivity contribution in [1.29, 1.82) is 0 Å². The van der Waals surface area contributed by atoms with Gasteiger partial charge in [-0.3, -0.25) is 4.90 Å². The normalized spacial score (nSPS) is 18.7. The smallest absolute Gasteiger partial charge is 0.133 e. The minimum absolute atomic E-state index is 0.596. The van der Waals surface area contributed by atoms with Crippen LogP contribution in [0.5, 0.6) is 0 Å². The Morgan fingerprint density at radius 1 is 1.00 bits per heavy atom. The van der Waals surface area contributed by atoms with Crippen molar-refractivity contribution in [2.45, 2.75) is 57.5 Å². The van der Waals surface area contributed by atoms with Crippen LogP contribution in [0.25, 0.3) is 0 Å². The zero-order valence-corrected chi connectivity index (χ0v) is 15.0. The van der Waals surface area contributed by atoms with E-state index < -0.39 is 0 Å². The van der Waals surface area contributed by atoms with Gasteiger partial charge in [0.25, 0.3) is 0 Å². The Bertz CT molecular complexity index is 688. The van der Waals surface area contributed by atoms with Gasteiger partial charge in [-0.15, -0.1) is 0 Å². The molecule has 1 saturated carbocycles. The molecular formula is C21H28N4. The van der Waals surface area contributed by atoms with Crippen molar-refractivity contribution in [2.75, 3.05) is 18.4 Å². The van der Waals surface area contributed by atoms with Gasteiger partial charge in [-0.05, 0) is 56.0 Å². The number of nitrogens with zero attached hydrogens (tertiary/aromatic N) is 3.